The summed E-state index contributed by atoms with van der Waals surface area (Å²) in [4.78, 5) is 16.2. The third-order valence-electron chi connectivity index (χ3n) is 3.99. The first-order valence-electron chi connectivity index (χ1n) is 7.23. The van der Waals surface area contributed by atoms with Gasteiger partial charge >= 0.3 is 0 Å². The molecule has 0 saturated carbocycles. The monoisotopic (exact) mass is 281 g/mol. The Morgan fingerprint density at radius 2 is 2.24 bits per heavy atom. The lowest BCUT2D eigenvalue weighted by Gasteiger charge is -2.11. The summed E-state index contributed by atoms with van der Waals surface area (Å²) in [5.74, 6) is 0.345. The molecule has 1 aliphatic heterocycles. The number of para-hydroxylation sites is 1. The first kappa shape index (κ1) is 13.6. The summed E-state index contributed by atoms with van der Waals surface area (Å²) in [6.45, 7) is 3.40. The summed E-state index contributed by atoms with van der Waals surface area (Å²) >= 11 is 0. The van der Waals surface area contributed by atoms with Gasteiger partial charge in [-0.15, -0.1) is 0 Å². The molecule has 4 heteroatoms. The third kappa shape index (κ3) is 3.05. The SMILES string of the molecule is Cc1ccncc1CNC(=O)CC1CNc2ccccc21. The fourth-order valence-electron chi connectivity index (χ4n) is 2.71. The number of anilines is 1. The normalized spacial score (nSPS) is 16.1. The molecule has 2 heterocycles. The van der Waals surface area contributed by atoms with Crippen LogP contribution < -0.4 is 10.6 Å². The number of carbonyl (C=O) groups is 1. The largest absolute Gasteiger partial charge is 0.384 e. The van der Waals surface area contributed by atoms with Gasteiger partial charge in [-0.2, -0.15) is 0 Å². The van der Waals surface area contributed by atoms with E-state index in [1.807, 2.05) is 31.3 Å². The van der Waals surface area contributed by atoms with Gasteiger partial charge in [0.1, 0.15) is 0 Å². The van der Waals surface area contributed by atoms with Crippen LogP contribution in [0.25, 0.3) is 0 Å². The molecule has 0 aliphatic carbocycles. The van der Waals surface area contributed by atoms with Gasteiger partial charge in [-0.25, -0.2) is 0 Å². The van der Waals surface area contributed by atoms with Gasteiger partial charge in [0.25, 0.3) is 0 Å². The second-order valence-electron chi connectivity index (χ2n) is 5.45. The van der Waals surface area contributed by atoms with Crippen molar-refractivity contribution >= 4 is 11.6 Å². The van der Waals surface area contributed by atoms with Gasteiger partial charge in [-0.3, -0.25) is 9.78 Å². The van der Waals surface area contributed by atoms with Crippen LogP contribution in [0.5, 0.6) is 0 Å². The van der Waals surface area contributed by atoms with Crippen molar-refractivity contribution in [2.45, 2.75) is 25.8 Å². The highest BCUT2D eigenvalue weighted by Crippen LogP contribution is 2.32. The minimum atomic E-state index is 0.0850. The second kappa shape index (κ2) is 5.95. The molecule has 0 radical (unpaired) electrons. The van der Waals surface area contributed by atoms with Crippen LogP contribution in [0.3, 0.4) is 0 Å². The Morgan fingerprint density at radius 1 is 1.38 bits per heavy atom. The van der Waals surface area contributed by atoms with Gasteiger partial charge in [-0.05, 0) is 35.7 Å². The number of aryl methyl sites for hydroxylation is 1. The van der Waals surface area contributed by atoms with Gasteiger partial charge in [0.05, 0.1) is 0 Å². The number of fused-ring (bicyclic) bond motifs is 1. The van der Waals surface area contributed by atoms with E-state index < -0.39 is 0 Å². The Labute approximate surface area is 124 Å². The molecule has 0 saturated heterocycles. The Balaban J connectivity index is 1.57. The van der Waals surface area contributed by atoms with E-state index in [1.54, 1.807) is 6.20 Å². The third-order valence-corrected chi connectivity index (χ3v) is 3.99. The zero-order chi connectivity index (χ0) is 14.7. The highest BCUT2D eigenvalue weighted by molar-refractivity contribution is 5.78. The summed E-state index contributed by atoms with van der Waals surface area (Å²) in [7, 11) is 0. The molecule has 0 bridgehead atoms. The molecule has 108 valence electrons. The van der Waals surface area contributed by atoms with Crippen LogP contribution >= 0.6 is 0 Å². The number of amides is 1. The van der Waals surface area contributed by atoms with Gasteiger partial charge in [0, 0.05) is 43.5 Å². The first-order valence-corrected chi connectivity index (χ1v) is 7.23. The highest BCUT2D eigenvalue weighted by atomic mass is 16.1. The Kier molecular flexibility index (Phi) is 3.86. The predicted molar refractivity (Wildman–Crippen MR) is 83.1 cm³/mol. The number of carbonyl (C=O) groups excluding carboxylic acids is 1. The van der Waals surface area contributed by atoms with Gasteiger partial charge < -0.3 is 10.6 Å². The van der Waals surface area contributed by atoms with Crippen molar-refractivity contribution in [2.24, 2.45) is 0 Å². The van der Waals surface area contributed by atoms with E-state index in [0.717, 1.165) is 23.4 Å². The number of aromatic nitrogens is 1. The van der Waals surface area contributed by atoms with Crippen molar-refractivity contribution in [3.63, 3.8) is 0 Å². The smallest absolute Gasteiger partial charge is 0.220 e. The molecule has 21 heavy (non-hydrogen) atoms. The van der Waals surface area contributed by atoms with E-state index in [-0.39, 0.29) is 11.8 Å². The summed E-state index contributed by atoms with van der Waals surface area (Å²) in [5, 5.41) is 6.34. The molecule has 0 fully saturated rings. The quantitative estimate of drug-likeness (QED) is 0.905. The number of hydrogen-bond donors (Lipinski definition) is 2. The Morgan fingerprint density at radius 3 is 3.10 bits per heavy atom. The molecule has 1 amide bonds. The topological polar surface area (TPSA) is 54.0 Å². The van der Waals surface area contributed by atoms with Crippen LogP contribution in [0.15, 0.2) is 42.7 Å². The molecular formula is C17H19N3O. The van der Waals surface area contributed by atoms with Crippen LogP contribution in [-0.2, 0) is 11.3 Å². The second-order valence-corrected chi connectivity index (χ2v) is 5.45. The zero-order valence-corrected chi connectivity index (χ0v) is 12.1. The van der Waals surface area contributed by atoms with Crippen molar-refractivity contribution in [2.75, 3.05) is 11.9 Å². The summed E-state index contributed by atoms with van der Waals surface area (Å²) < 4.78 is 0. The standard InChI is InChI=1S/C17H19N3O/c1-12-6-7-18-9-14(12)11-20-17(21)8-13-10-19-16-5-3-2-4-15(13)16/h2-7,9,13,19H,8,10-11H2,1H3,(H,20,21). The maximum Gasteiger partial charge on any atom is 0.220 e. The van der Waals surface area contributed by atoms with Crippen molar-refractivity contribution in [3.05, 3.63) is 59.4 Å². The number of hydrogen-bond acceptors (Lipinski definition) is 3. The number of nitrogens with one attached hydrogen (secondary N) is 2. The fourth-order valence-corrected chi connectivity index (χ4v) is 2.71. The van der Waals surface area contributed by atoms with Gasteiger partial charge in [0.15, 0.2) is 0 Å². The lowest BCUT2D eigenvalue weighted by atomic mass is 9.97. The predicted octanol–water partition coefficient (Wildman–Crippen LogP) is 2.61. The molecule has 1 aromatic heterocycles. The highest BCUT2D eigenvalue weighted by Gasteiger charge is 2.23. The van der Waals surface area contributed by atoms with Crippen LogP contribution in [0.1, 0.15) is 29.0 Å². The van der Waals surface area contributed by atoms with E-state index in [9.17, 15) is 4.79 Å². The number of pyridine rings is 1. The van der Waals surface area contributed by atoms with E-state index >= 15 is 0 Å². The number of nitrogens with zero attached hydrogens (tertiary/aromatic N) is 1. The lowest BCUT2D eigenvalue weighted by Crippen LogP contribution is -2.25. The molecule has 2 aromatic rings. The first-order chi connectivity index (χ1) is 10.2. The molecule has 1 aromatic carbocycles. The minimum absolute atomic E-state index is 0.0850. The van der Waals surface area contributed by atoms with Gasteiger partial charge in [0.2, 0.25) is 5.91 Å². The molecule has 4 nitrogen and oxygen atoms in total. The van der Waals surface area contributed by atoms with E-state index in [2.05, 4.69) is 27.8 Å². The summed E-state index contributed by atoms with van der Waals surface area (Å²) in [6.07, 6.45) is 4.09. The van der Waals surface area contributed by atoms with Crippen LogP contribution in [-0.4, -0.2) is 17.4 Å². The van der Waals surface area contributed by atoms with Gasteiger partial charge in [-0.1, -0.05) is 18.2 Å². The minimum Gasteiger partial charge on any atom is -0.384 e. The molecule has 1 aliphatic rings. The van der Waals surface area contributed by atoms with Crippen molar-refractivity contribution in [3.8, 4) is 0 Å². The maximum atomic E-state index is 12.1. The van der Waals surface area contributed by atoms with Crippen molar-refractivity contribution in [1.29, 1.82) is 0 Å². The van der Waals surface area contributed by atoms with E-state index in [1.165, 1.54) is 5.56 Å². The fraction of sp³-hybridized carbons (Fsp3) is 0.294. The molecule has 2 N–H and O–H groups in total. The molecular weight excluding hydrogens is 262 g/mol. The number of rotatable bonds is 4. The molecule has 1 unspecified atom stereocenters. The van der Waals surface area contributed by atoms with Crippen LogP contribution in [0.2, 0.25) is 0 Å². The average Bonchev–Trinajstić information content (AvgIpc) is 2.90. The van der Waals surface area contributed by atoms with E-state index in [4.69, 9.17) is 0 Å². The van der Waals surface area contributed by atoms with Crippen molar-refractivity contribution < 1.29 is 4.79 Å². The lowest BCUT2D eigenvalue weighted by molar-refractivity contribution is -0.121. The zero-order valence-electron chi connectivity index (χ0n) is 12.1. The molecule has 3 rings (SSSR count). The Bertz CT molecular complexity index is 654. The maximum absolute atomic E-state index is 12.1. The molecule has 1 atom stereocenters. The summed E-state index contributed by atoms with van der Waals surface area (Å²) in [6, 6.07) is 10.2. The number of benzene rings is 1. The van der Waals surface area contributed by atoms with Crippen molar-refractivity contribution in [1.82, 2.24) is 10.3 Å². The molecule has 0 spiro atoms. The average molecular weight is 281 g/mol. The van der Waals surface area contributed by atoms with E-state index in [0.29, 0.717) is 13.0 Å². The van der Waals surface area contributed by atoms with Crippen LogP contribution in [0.4, 0.5) is 5.69 Å². The Hall–Kier alpha value is -2.36. The summed E-state index contributed by atoms with van der Waals surface area (Å²) in [5.41, 5.74) is 4.61. The van der Waals surface area contributed by atoms with Crippen LogP contribution in [0, 0.1) is 6.92 Å².